The Labute approximate surface area is 186 Å². The molecule has 0 aliphatic carbocycles. The van der Waals surface area contributed by atoms with Crippen molar-refractivity contribution >= 4 is 17.4 Å². The van der Waals surface area contributed by atoms with Crippen LogP contribution in [0.5, 0.6) is 5.75 Å². The van der Waals surface area contributed by atoms with Crippen molar-refractivity contribution in [3.05, 3.63) is 71.0 Å². The molecule has 2 fully saturated rings. The van der Waals surface area contributed by atoms with Crippen LogP contribution in [-0.2, 0) is 14.3 Å². The van der Waals surface area contributed by atoms with E-state index in [9.17, 15) is 19.1 Å². The van der Waals surface area contributed by atoms with Crippen molar-refractivity contribution in [1.82, 2.24) is 4.90 Å². The summed E-state index contributed by atoms with van der Waals surface area (Å²) in [7, 11) is 0. The van der Waals surface area contributed by atoms with Crippen molar-refractivity contribution in [3.8, 4) is 5.75 Å². The molecule has 0 radical (unpaired) electrons. The molecule has 0 aromatic heterocycles. The number of likely N-dealkylation sites (tertiary alicyclic amines) is 1. The summed E-state index contributed by atoms with van der Waals surface area (Å²) in [6.07, 6.45) is 1.38. The third-order valence-electron chi connectivity index (χ3n) is 5.66. The topological polar surface area (TPSA) is 76.1 Å². The van der Waals surface area contributed by atoms with E-state index in [4.69, 9.17) is 9.47 Å². The molecule has 2 aliphatic heterocycles. The van der Waals surface area contributed by atoms with E-state index in [1.165, 1.54) is 17.0 Å². The molecular weight excluding hydrogens is 413 g/mol. The van der Waals surface area contributed by atoms with Gasteiger partial charge in [-0.05, 0) is 57.0 Å². The Morgan fingerprint density at radius 2 is 1.91 bits per heavy atom. The van der Waals surface area contributed by atoms with Gasteiger partial charge in [-0.25, -0.2) is 4.39 Å². The van der Waals surface area contributed by atoms with Gasteiger partial charge in [0.05, 0.1) is 23.8 Å². The quantitative estimate of drug-likeness (QED) is 0.415. The highest BCUT2D eigenvalue weighted by Gasteiger charge is 2.47. The molecule has 2 aromatic rings. The largest absolute Gasteiger partial charge is 0.507 e. The first-order valence-electron chi connectivity index (χ1n) is 10.8. The molecule has 2 atom stereocenters. The van der Waals surface area contributed by atoms with Gasteiger partial charge in [0.15, 0.2) is 0 Å². The number of hydrogen-bond donors (Lipinski definition) is 1. The van der Waals surface area contributed by atoms with Crippen molar-refractivity contribution in [1.29, 1.82) is 0 Å². The molecular formula is C25H26FNO5. The number of Topliss-reactive ketones (excluding diaryl/α,β-unsaturated/α-hetero) is 1. The lowest BCUT2D eigenvalue weighted by molar-refractivity contribution is -0.140. The van der Waals surface area contributed by atoms with E-state index in [2.05, 4.69) is 0 Å². The lowest BCUT2D eigenvalue weighted by Crippen LogP contribution is -2.36. The zero-order valence-electron chi connectivity index (χ0n) is 18.1. The minimum Gasteiger partial charge on any atom is -0.507 e. The third kappa shape index (κ3) is 4.25. The Morgan fingerprint density at radius 3 is 2.53 bits per heavy atom. The van der Waals surface area contributed by atoms with Crippen LogP contribution >= 0.6 is 0 Å². The molecule has 1 amide bonds. The van der Waals surface area contributed by atoms with Gasteiger partial charge in [0, 0.05) is 24.3 Å². The molecule has 0 bridgehead atoms. The summed E-state index contributed by atoms with van der Waals surface area (Å²) in [5.74, 6) is -1.89. The molecule has 168 valence electrons. The fourth-order valence-corrected chi connectivity index (χ4v) is 4.22. The highest BCUT2D eigenvalue weighted by Crippen LogP contribution is 2.41. The van der Waals surface area contributed by atoms with Gasteiger partial charge in [-0.1, -0.05) is 18.2 Å². The third-order valence-corrected chi connectivity index (χ3v) is 5.66. The van der Waals surface area contributed by atoms with E-state index in [0.717, 1.165) is 12.8 Å². The van der Waals surface area contributed by atoms with E-state index in [1.54, 1.807) is 36.4 Å². The number of carbonyl (C=O) groups excluding carboxylic acids is 2. The van der Waals surface area contributed by atoms with Crippen LogP contribution in [-0.4, -0.2) is 47.1 Å². The first kappa shape index (κ1) is 22.0. The lowest BCUT2D eigenvalue weighted by Gasteiger charge is -2.27. The number of ketones is 1. The van der Waals surface area contributed by atoms with Gasteiger partial charge in [0.25, 0.3) is 11.7 Å². The number of nitrogens with zero attached hydrogens (tertiary/aromatic N) is 1. The van der Waals surface area contributed by atoms with Gasteiger partial charge >= 0.3 is 0 Å². The Kier molecular flexibility index (Phi) is 6.28. The predicted octanol–water partition coefficient (Wildman–Crippen LogP) is 4.21. The normalized spacial score (nSPS) is 22.7. The maximum absolute atomic E-state index is 14.8. The number of halogens is 1. The first-order chi connectivity index (χ1) is 15.4. The van der Waals surface area contributed by atoms with Gasteiger partial charge in [-0.2, -0.15) is 0 Å². The van der Waals surface area contributed by atoms with E-state index in [-0.39, 0.29) is 35.6 Å². The Bertz CT molecular complexity index is 1040. The maximum Gasteiger partial charge on any atom is 0.295 e. The number of ether oxygens (including phenoxy) is 2. The predicted molar refractivity (Wildman–Crippen MR) is 117 cm³/mol. The second-order valence-corrected chi connectivity index (χ2v) is 8.30. The average Bonchev–Trinajstić information content (AvgIpc) is 3.36. The SMILES string of the molecule is CC(C)Oc1ccc(/C(O)=C2/C(=O)C(=O)N(CC3CCCO3)C2c2ccccc2F)cc1. The summed E-state index contributed by atoms with van der Waals surface area (Å²) in [5.41, 5.74) is 0.374. The number of aliphatic hydroxyl groups is 1. The molecule has 4 rings (SSSR count). The highest BCUT2D eigenvalue weighted by molar-refractivity contribution is 6.46. The zero-order chi connectivity index (χ0) is 22.8. The maximum atomic E-state index is 14.8. The molecule has 6 nitrogen and oxygen atoms in total. The molecule has 2 unspecified atom stereocenters. The van der Waals surface area contributed by atoms with Gasteiger partial charge in [-0.3, -0.25) is 9.59 Å². The second-order valence-electron chi connectivity index (χ2n) is 8.30. The minimum absolute atomic E-state index is 0.0152. The van der Waals surface area contributed by atoms with Crippen LogP contribution in [0.4, 0.5) is 4.39 Å². The number of carbonyl (C=O) groups is 2. The van der Waals surface area contributed by atoms with Gasteiger partial charge in [-0.15, -0.1) is 0 Å². The number of rotatable bonds is 6. The Morgan fingerprint density at radius 1 is 1.19 bits per heavy atom. The molecule has 7 heteroatoms. The molecule has 32 heavy (non-hydrogen) atoms. The molecule has 2 aliphatic rings. The van der Waals surface area contributed by atoms with E-state index >= 15 is 0 Å². The summed E-state index contributed by atoms with van der Waals surface area (Å²) >= 11 is 0. The summed E-state index contributed by atoms with van der Waals surface area (Å²) < 4.78 is 26.1. The van der Waals surface area contributed by atoms with Crippen molar-refractivity contribution < 1.29 is 28.6 Å². The van der Waals surface area contributed by atoms with Crippen molar-refractivity contribution in [2.45, 2.75) is 44.9 Å². The molecule has 2 saturated heterocycles. The van der Waals surface area contributed by atoms with Gasteiger partial charge < -0.3 is 19.5 Å². The van der Waals surface area contributed by atoms with E-state index < -0.39 is 23.5 Å². The standard InChI is InChI=1S/C25H26FNO5/c1-15(2)32-17-11-9-16(10-12-17)23(28)21-22(19-7-3-4-8-20(19)26)27(25(30)24(21)29)14-18-6-5-13-31-18/h3-4,7-12,15,18,22,28H,5-6,13-14H2,1-2H3/b23-21-. The number of hydrogen-bond acceptors (Lipinski definition) is 5. The van der Waals surface area contributed by atoms with E-state index in [0.29, 0.717) is 17.9 Å². The molecule has 0 spiro atoms. The zero-order valence-corrected chi connectivity index (χ0v) is 18.1. The van der Waals surface area contributed by atoms with Crippen molar-refractivity contribution in [3.63, 3.8) is 0 Å². The van der Waals surface area contributed by atoms with Crippen LogP contribution in [0, 0.1) is 5.82 Å². The number of aliphatic hydroxyl groups excluding tert-OH is 1. The molecule has 0 saturated carbocycles. The van der Waals surface area contributed by atoms with Crippen LogP contribution in [0.2, 0.25) is 0 Å². The fourth-order valence-electron chi connectivity index (χ4n) is 4.22. The van der Waals surface area contributed by atoms with Crippen LogP contribution < -0.4 is 4.74 Å². The van der Waals surface area contributed by atoms with Crippen LogP contribution in [0.3, 0.4) is 0 Å². The smallest absolute Gasteiger partial charge is 0.295 e. The molecule has 1 N–H and O–H groups in total. The first-order valence-corrected chi connectivity index (χ1v) is 10.8. The summed E-state index contributed by atoms with van der Waals surface area (Å²) in [5, 5.41) is 11.1. The highest BCUT2D eigenvalue weighted by atomic mass is 19.1. The molecule has 2 aromatic carbocycles. The number of amides is 1. The minimum atomic E-state index is -1.04. The summed E-state index contributed by atoms with van der Waals surface area (Å²) in [4.78, 5) is 27.3. The van der Waals surface area contributed by atoms with Gasteiger partial charge in [0.1, 0.15) is 17.3 Å². The van der Waals surface area contributed by atoms with Crippen LogP contribution in [0.25, 0.3) is 5.76 Å². The fraction of sp³-hybridized carbons (Fsp3) is 0.360. The Hall–Kier alpha value is -3.19. The number of benzene rings is 2. The van der Waals surface area contributed by atoms with Crippen molar-refractivity contribution in [2.24, 2.45) is 0 Å². The lowest BCUT2D eigenvalue weighted by atomic mass is 9.94. The van der Waals surface area contributed by atoms with Gasteiger partial charge in [0.2, 0.25) is 0 Å². The van der Waals surface area contributed by atoms with Crippen molar-refractivity contribution in [2.75, 3.05) is 13.2 Å². The van der Waals surface area contributed by atoms with Crippen LogP contribution in [0.1, 0.15) is 43.9 Å². The molecule has 2 heterocycles. The average molecular weight is 439 g/mol. The van der Waals surface area contributed by atoms with Crippen LogP contribution in [0.15, 0.2) is 54.1 Å². The summed E-state index contributed by atoms with van der Waals surface area (Å²) in [6.45, 7) is 4.54. The van der Waals surface area contributed by atoms with E-state index in [1.807, 2.05) is 13.8 Å². The monoisotopic (exact) mass is 439 g/mol. The second kappa shape index (κ2) is 9.12. The Balaban J connectivity index is 1.78. The summed E-state index contributed by atoms with van der Waals surface area (Å²) in [6, 6.07) is 11.5.